The van der Waals surface area contributed by atoms with Crippen LogP contribution in [0.25, 0.3) is 0 Å². The van der Waals surface area contributed by atoms with E-state index < -0.39 is 0 Å². The lowest BCUT2D eigenvalue weighted by Gasteiger charge is -2.42. The van der Waals surface area contributed by atoms with Crippen LogP contribution in [0.3, 0.4) is 0 Å². The van der Waals surface area contributed by atoms with Crippen LogP contribution in [0, 0.1) is 0 Å². The van der Waals surface area contributed by atoms with Gasteiger partial charge in [-0.25, -0.2) is 4.79 Å². The van der Waals surface area contributed by atoms with E-state index in [1.807, 2.05) is 19.9 Å². The average molecular weight is 246 g/mol. The molecule has 0 aliphatic heterocycles. The summed E-state index contributed by atoms with van der Waals surface area (Å²) in [6.45, 7) is 4.67. The molecule has 3 nitrogen and oxygen atoms in total. The lowest BCUT2D eigenvalue weighted by atomic mass is 9.64. The summed E-state index contributed by atoms with van der Waals surface area (Å²) >= 11 is 0. The normalized spacial score (nSPS) is 17.1. The molecule has 0 aromatic heterocycles. The smallest absolute Gasteiger partial charge is 0.315 e. The van der Waals surface area contributed by atoms with Crippen LogP contribution in [-0.2, 0) is 5.41 Å². The molecule has 0 bridgehead atoms. The Hall–Kier alpha value is -1.51. The van der Waals surface area contributed by atoms with Gasteiger partial charge in [-0.05, 0) is 32.3 Å². The SMILES string of the molecule is CC(C)NC(=O)NCC1(c2ccccc2)CCC1. The zero-order valence-corrected chi connectivity index (χ0v) is 11.2. The van der Waals surface area contributed by atoms with Crippen LogP contribution < -0.4 is 10.6 Å². The van der Waals surface area contributed by atoms with Gasteiger partial charge in [-0.2, -0.15) is 0 Å². The van der Waals surface area contributed by atoms with E-state index >= 15 is 0 Å². The highest BCUT2D eigenvalue weighted by Gasteiger charge is 2.38. The van der Waals surface area contributed by atoms with Gasteiger partial charge < -0.3 is 10.6 Å². The highest BCUT2D eigenvalue weighted by molar-refractivity contribution is 5.74. The number of nitrogens with one attached hydrogen (secondary N) is 2. The molecule has 0 radical (unpaired) electrons. The molecule has 2 rings (SSSR count). The molecule has 98 valence electrons. The monoisotopic (exact) mass is 246 g/mol. The quantitative estimate of drug-likeness (QED) is 0.842. The Morgan fingerprint density at radius 1 is 1.28 bits per heavy atom. The zero-order valence-electron chi connectivity index (χ0n) is 11.2. The van der Waals surface area contributed by atoms with Crippen LogP contribution in [0.2, 0.25) is 0 Å². The Kier molecular flexibility index (Phi) is 3.90. The van der Waals surface area contributed by atoms with E-state index in [1.54, 1.807) is 0 Å². The predicted molar refractivity (Wildman–Crippen MR) is 73.6 cm³/mol. The number of amides is 2. The van der Waals surface area contributed by atoms with E-state index in [4.69, 9.17) is 0 Å². The minimum atomic E-state index is -0.0628. The maximum atomic E-state index is 11.6. The lowest BCUT2D eigenvalue weighted by Crippen LogP contribution is -2.49. The number of rotatable bonds is 4. The highest BCUT2D eigenvalue weighted by atomic mass is 16.2. The minimum absolute atomic E-state index is 0.0628. The molecule has 1 aliphatic rings. The van der Waals surface area contributed by atoms with E-state index in [1.165, 1.54) is 24.8 Å². The first-order valence-corrected chi connectivity index (χ1v) is 6.72. The van der Waals surface area contributed by atoms with Gasteiger partial charge in [0, 0.05) is 18.0 Å². The number of carbonyl (C=O) groups excluding carboxylic acids is 1. The first-order chi connectivity index (χ1) is 8.62. The van der Waals surface area contributed by atoms with E-state index in [2.05, 4.69) is 34.9 Å². The summed E-state index contributed by atoms with van der Waals surface area (Å²) < 4.78 is 0. The molecule has 0 saturated heterocycles. The highest BCUT2D eigenvalue weighted by Crippen LogP contribution is 2.43. The third kappa shape index (κ3) is 2.84. The van der Waals surface area contributed by atoms with Gasteiger partial charge in [0.15, 0.2) is 0 Å². The molecule has 2 amide bonds. The molecule has 1 aromatic rings. The summed E-state index contributed by atoms with van der Waals surface area (Å²) in [4.78, 5) is 11.6. The lowest BCUT2D eigenvalue weighted by molar-refractivity contribution is 0.213. The van der Waals surface area contributed by atoms with Crippen LogP contribution in [0.5, 0.6) is 0 Å². The van der Waals surface area contributed by atoms with Crippen LogP contribution in [0.4, 0.5) is 4.79 Å². The van der Waals surface area contributed by atoms with E-state index in [-0.39, 0.29) is 17.5 Å². The first-order valence-electron chi connectivity index (χ1n) is 6.72. The summed E-state index contributed by atoms with van der Waals surface area (Å²) in [6.07, 6.45) is 3.58. The molecule has 1 fully saturated rings. The van der Waals surface area contributed by atoms with Gasteiger partial charge in [0.05, 0.1) is 0 Å². The Morgan fingerprint density at radius 2 is 1.94 bits per heavy atom. The molecular formula is C15H22N2O. The largest absolute Gasteiger partial charge is 0.337 e. The summed E-state index contributed by atoms with van der Waals surface area (Å²) in [5, 5.41) is 5.87. The molecule has 1 aromatic carbocycles. The van der Waals surface area contributed by atoms with Gasteiger partial charge in [-0.3, -0.25) is 0 Å². The molecule has 0 unspecified atom stereocenters. The van der Waals surface area contributed by atoms with Crippen molar-refractivity contribution in [3.05, 3.63) is 35.9 Å². The van der Waals surface area contributed by atoms with Crippen LogP contribution >= 0.6 is 0 Å². The van der Waals surface area contributed by atoms with Gasteiger partial charge in [0.1, 0.15) is 0 Å². The average Bonchev–Trinajstić information content (AvgIpc) is 2.28. The summed E-state index contributed by atoms with van der Waals surface area (Å²) in [6, 6.07) is 10.6. The molecular weight excluding hydrogens is 224 g/mol. The maximum absolute atomic E-state index is 11.6. The Balaban J connectivity index is 1.96. The summed E-state index contributed by atoms with van der Waals surface area (Å²) in [5.74, 6) is 0. The molecule has 2 N–H and O–H groups in total. The van der Waals surface area contributed by atoms with Crippen molar-refractivity contribution in [3.63, 3.8) is 0 Å². The van der Waals surface area contributed by atoms with Crippen LogP contribution in [0.15, 0.2) is 30.3 Å². The number of hydrogen-bond donors (Lipinski definition) is 2. The van der Waals surface area contributed by atoms with Gasteiger partial charge in [0.2, 0.25) is 0 Å². The van der Waals surface area contributed by atoms with Crippen LogP contribution in [-0.4, -0.2) is 18.6 Å². The van der Waals surface area contributed by atoms with E-state index in [9.17, 15) is 4.79 Å². The third-order valence-corrected chi connectivity index (χ3v) is 3.70. The fourth-order valence-corrected chi connectivity index (χ4v) is 2.53. The number of benzene rings is 1. The number of hydrogen-bond acceptors (Lipinski definition) is 1. The third-order valence-electron chi connectivity index (χ3n) is 3.70. The van der Waals surface area contributed by atoms with Crippen molar-refractivity contribution < 1.29 is 4.79 Å². The fraction of sp³-hybridized carbons (Fsp3) is 0.533. The van der Waals surface area contributed by atoms with Gasteiger partial charge in [-0.1, -0.05) is 36.8 Å². The summed E-state index contributed by atoms with van der Waals surface area (Å²) in [7, 11) is 0. The van der Waals surface area contributed by atoms with Gasteiger partial charge in [-0.15, -0.1) is 0 Å². The molecule has 1 saturated carbocycles. The van der Waals surface area contributed by atoms with Crippen molar-refractivity contribution in [2.45, 2.75) is 44.6 Å². The van der Waals surface area contributed by atoms with Crippen molar-refractivity contribution >= 4 is 6.03 Å². The van der Waals surface area contributed by atoms with Crippen molar-refractivity contribution in [1.82, 2.24) is 10.6 Å². The molecule has 0 spiro atoms. The predicted octanol–water partition coefficient (Wildman–Crippen LogP) is 2.82. The molecule has 1 aliphatic carbocycles. The molecule has 0 heterocycles. The van der Waals surface area contributed by atoms with Gasteiger partial charge >= 0.3 is 6.03 Å². The minimum Gasteiger partial charge on any atom is -0.337 e. The molecule has 0 atom stereocenters. The Morgan fingerprint density at radius 3 is 2.44 bits per heavy atom. The van der Waals surface area contributed by atoms with E-state index in [0.29, 0.717) is 0 Å². The Labute approximate surface area is 109 Å². The standard InChI is InChI=1S/C15H22N2O/c1-12(2)17-14(18)16-11-15(9-6-10-15)13-7-4-3-5-8-13/h3-5,7-8,12H,6,9-11H2,1-2H3,(H2,16,17,18). The maximum Gasteiger partial charge on any atom is 0.315 e. The van der Waals surface area contributed by atoms with Crippen LogP contribution in [0.1, 0.15) is 38.7 Å². The number of carbonyl (C=O) groups is 1. The zero-order chi connectivity index (χ0) is 13.0. The van der Waals surface area contributed by atoms with E-state index in [0.717, 1.165) is 6.54 Å². The topological polar surface area (TPSA) is 41.1 Å². The van der Waals surface area contributed by atoms with Gasteiger partial charge in [0.25, 0.3) is 0 Å². The van der Waals surface area contributed by atoms with Crippen molar-refractivity contribution in [3.8, 4) is 0 Å². The van der Waals surface area contributed by atoms with Crippen molar-refractivity contribution in [1.29, 1.82) is 0 Å². The molecule has 18 heavy (non-hydrogen) atoms. The second-order valence-electron chi connectivity index (χ2n) is 5.48. The Bertz CT molecular complexity index is 396. The second-order valence-corrected chi connectivity index (χ2v) is 5.48. The summed E-state index contributed by atoms with van der Waals surface area (Å²) in [5.41, 5.74) is 1.51. The fourth-order valence-electron chi connectivity index (χ4n) is 2.53. The first kappa shape index (κ1) is 12.9. The number of urea groups is 1. The van der Waals surface area contributed by atoms with Crippen molar-refractivity contribution in [2.24, 2.45) is 0 Å². The van der Waals surface area contributed by atoms with Crippen molar-refractivity contribution in [2.75, 3.05) is 6.54 Å². The second kappa shape index (κ2) is 5.42. The molecule has 3 heteroatoms.